The summed E-state index contributed by atoms with van der Waals surface area (Å²) in [5.41, 5.74) is 4.28. The van der Waals surface area contributed by atoms with Gasteiger partial charge in [-0.15, -0.1) is 0 Å². The van der Waals surface area contributed by atoms with Crippen LogP contribution in [0, 0.1) is 6.92 Å². The van der Waals surface area contributed by atoms with Crippen molar-refractivity contribution < 1.29 is 9.53 Å². The lowest BCUT2D eigenvalue weighted by Gasteiger charge is -2.19. The average Bonchev–Trinajstić information content (AvgIpc) is 2.55. The molecule has 0 heterocycles. The van der Waals surface area contributed by atoms with E-state index in [-0.39, 0.29) is 5.91 Å². The van der Waals surface area contributed by atoms with Crippen LogP contribution in [0.4, 0.5) is 5.69 Å². The highest BCUT2D eigenvalue weighted by Crippen LogP contribution is 2.28. The molecule has 0 saturated heterocycles. The SMILES string of the molecule is CCc1ccc(NC(=O)[C@H](C)Oc2cc(C)ccc2C(C)C)cc1. The quantitative estimate of drug-likeness (QED) is 0.803. The van der Waals surface area contributed by atoms with Gasteiger partial charge in [-0.2, -0.15) is 0 Å². The number of carbonyl (C=O) groups is 1. The number of benzene rings is 2. The van der Waals surface area contributed by atoms with E-state index in [0.717, 1.165) is 29.0 Å². The number of hydrogen-bond acceptors (Lipinski definition) is 2. The third kappa shape index (κ3) is 4.60. The summed E-state index contributed by atoms with van der Waals surface area (Å²) in [5.74, 6) is 0.988. The van der Waals surface area contributed by atoms with E-state index in [2.05, 4.69) is 38.2 Å². The molecule has 1 atom stereocenters. The molecule has 0 radical (unpaired) electrons. The molecular weight excluding hydrogens is 298 g/mol. The number of hydrogen-bond donors (Lipinski definition) is 1. The van der Waals surface area contributed by atoms with Crippen molar-refractivity contribution in [3.05, 3.63) is 59.2 Å². The summed E-state index contributed by atoms with van der Waals surface area (Å²) in [6.07, 6.45) is 0.425. The molecule has 0 spiro atoms. The maximum atomic E-state index is 12.4. The van der Waals surface area contributed by atoms with E-state index >= 15 is 0 Å². The minimum absolute atomic E-state index is 0.143. The largest absolute Gasteiger partial charge is 0.481 e. The van der Waals surface area contributed by atoms with Crippen LogP contribution in [0.1, 0.15) is 50.3 Å². The highest BCUT2D eigenvalue weighted by atomic mass is 16.5. The molecule has 3 nitrogen and oxygen atoms in total. The van der Waals surface area contributed by atoms with Gasteiger partial charge in [0, 0.05) is 5.69 Å². The lowest BCUT2D eigenvalue weighted by atomic mass is 10.0. The first-order valence-corrected chi connectivity index (χ1v) is 8.57. The number of amides is 1. The molecule has 2 aromatic carbocycles. The molecule has 24 heavy (non-hydrogen) atoms. The Labute approximate surface area is 145 Å². The predicted octanol–water partition coefficient (Wildman–Crippen LogP) is 5.09. The molecule has 0 bridgehead atoms. The van der Waals surface area contributed by atoms with Crippen LogP contribution in [0.5, 0.6) is 5.75 Å². The summed E-state index contributed by atoms with van der Waals surface area (Å²) in [4.78, 5) is 12.4. The van der Waals surface area contributed by atoms with Crippen molar-refractivity contribution in [2.45, 2.75) is 53.1 Å². The van der Waals surface area contributed by atoms with Crippen LogP contribution >= 0.6 is 0 Å². The van der Waals surface area contributed by atoms with Crippen molar-refractivity contribution in [1.29, 1.82) is 0 Å². The summed E-state index contributed by atoms with van der Waals surface area (Å²) in [6, 6.07) is 14.0. The second-order valence-corrected chi connectivity index (χ2v) is 6.50. The fourth-order valence-electron chi connectivity index (χ4n) is 2.53. The van der Waals surface area contributed by atoms with E-state index in [9.17, 15) is 4.79 Å². The fourth-order valence-corrected chi connectivity index (χ4v) is 2.53. The normalized spacial score (nSPS) is 12.1. The van der Waals surface area contributed by atoms with Crippen LogP contribution in [0.15, 0.2) is 42.5 Å². The Kier molecular flexibility index (Phi) is 6.02. The molecule has 0 aliphatic rings. The number of ether oxygens (including phenoxy) is 1. The molecule has 2 aromatic rings. The van der Waals surface area contributed by atoms with E-state index in [4.69, 9.17) is 4.74 Å². The van der Waals surface area contributed by atoms with E-state index in [0.29, 0.717) is 5.92 Å². The van der Waals surface area contributed by atoms with Crippen LogP contribution in [-0.2, 0) is 11.2 Å². The first-order valence-electron chi connectivity index (χ1n) is 8.57. The number of nitrogens with one attached hydrogen (secondary N) is 1. The van der Waals surface area contributed by atoms with E-state index in [1.807, 2.05) is 37.3 Å². The summed E-state index contributed by atoms with van der Waals surface area (Å²) >= 11 is 0. The van der Waals surface area contributed by atoms with Gasteiger partial charge in [-0.1, -0.05) is 45.0 Å². The molecule has 2 rings (SSSR count). The molecule has 1 amide bonds. The van der Waals surface area contributed by atoms with Crippen molar-refractivity contribution in [2.24, 2.45) is 0 Å². The van der Waals surface area contributed by atoms with Crippen molar-refractivity contribution >= 4 is 11.6 Å². The maximum Gasteiger partial charge on any atom is 0.265 e. The standard InChI is InChI=1S/C21H27NO2/c1-6-17-8-10-18(11-9-17)22-21(23)16(5)24-20-13-15(4)7-12-19(20)14(2)3/h7-14,16H,6H2,1-5H3,(H,22,23)/t16-/m0/s1. The summed E-state index contributed by atoms with van der Waals surface area (Å²) in [5, 5.41) is 2.91. The van der Waals surface area contributed by atoms with Crippen molar-refractivity contribution in [3.63, 3.8) is 0 Å². The second-order valence-electron chi connectivity index (χ2n) is 6.50. The summed E-state index contributed by atoms with van der Waals surface area (Å²) in [6.45, 7) is 10.2. The zero-order valence-corrected chi connectivity index (χ0v) is 15.2. The number of anilines is 1. The first kappa shape index (κ1) is 18.1. The smallest absolute Gasteiger partial charge is 0.265 e. The van der Waals surface area contributed by atoms with E-state index < -0.39 is 6.10 Å². The Bertz CT molecular complexity index is 689. The van der Waals surface area contributed by atoms with Gasteiger partial charge in [0.05, 0.1) is 0 Å². The Morgan fingerprint density at radius 3 is 2.33 bits per heavy atom. The van der Waals surface area contributed by atoms with Gasteiger partial charge in [-0.25, -0.2) is 0 Å². The lowest BCUT2D eigenvalue weighted by molar-refractivity contribution is -0.122. The Morgan fingerprint density at radius 2 is 1.75 bits per heavy atom. The zero-order chi connectivity index (χ0) is 17.7. The molecule has 0 aromatic heterocycles. The fraction of sp³-hybridized carbons (Fsp3) is 0.381. The Hall–Kier alpha value is -2.29. The lowest BCUT2D eigenvalue weighted by Crippen LogP contribution is -2.30. The average molecular weight is 325 g/mol. The van der Waals surface area contributed by atoms with Crippen molar-refractivity contribution in [1.82, 2.24) is 0 Å². The second kappa shape index (κ2) is 8.00. The number of rotatable bonds is 6. The summed E-state index contributed by atoms with van der Waals surface area (Å²) in [7, 11) is 0. The molecule has 0 saturated carbocycles. The Morgan fingerprint density at radius 1 is 1.08 bits per heavy atom. The molecule has 0 unspecified atom stereocenters. The monoisotopic (exact) mass is 325 g/mol. The van der Waals surface area contributed by atoms with Gasteiger partial charge in [-0.05, 0) is 61.1 Å². The topological polar surface area (TPSA) is 38.3 Å². The number of aryl methyl sites for hydroxylation is 2. The van der Waals surface area contributed by atoms with Gasteiger partial charge < -0.3 is 10.1 Å². The first-order chi connectivity index (χ1) is 11.4. The van der Waals surface area contributed by atoms with Gasteiger partial charge in [-0.3, -0.25) is 4.79 Å². The van der Waals surface area contributed by atoms with Crippen LogP contribution in [-0.4, -0.2) is 12.0 Å². The van der Waals surface area contributed by atoms with Gasteiger partial charge in [0.1, 0.15) is 5.75 Å². The molecule has 3 heteroatoms. The third-order valence-corrected chi connectivity index (χ3v) is 4.09. The van der Waals surface area contributed by atoms with Crippen LogP contribution < -0.4 is 10.1 Å². The molecule has 0 aliphatic carbocycles. The molecular formula is C21H27NO2. The van der Waals surface area contributed by atoms with Crippen LogP contribution in [0.3, 0.4) is 0 Å². The highest BCUT2D eigenvalue weighted by molar-refractivity contribution is 5.94. The molecule has 0 aliphatic heterocycles. The van der Waals surface area contributed by atoms with Crippen molar-refractivity contribution in [3.8, 4) is 5.75 Å². The van der Waals surface area contributed by atoms with Gasteiger partial charge in [0.25, 0.3) is 5.91 Å². The zero-order valence-electron chi connectivity index (χ0n) is 15.2. The number of carbonyl (C=O) groups excluding carboxylic acids is 1. The molecule has 1 N–H and O–H groups in total. The minimum Gasteiger partial charge on any atom is -0.481 e. The molecule has 0 fully saturated rings. The van der Waals surface area contributed by atoms with Crippen molar-refractivity contribution in [2.75, 3.05) is 5.32 Å². The summed E-state index contributed by atoms with van der Waals surface area (Å²) < 4.78 is 5.95. The van der Waals surface area contributed by atoms with E-state index in [1.165, 1.54) is 5.56 Å². The maximum absolute atomic E-state index is 12.4. The van der Waals surface area contributed by atoms with Gasteiger partial charge in [0.15, 0.2) is 6.10 Å². The van der Waals surface area contributed by atoms with Crippen LogP contribution in [0.2, 0.25) is 0 Å². The minimum atomic E-state index is -0.560. The predicted molar refractivity (Wildman–Crippen MR) is 99.8 cm³/mol. The van der Waals surface area contributed by atoms with Gasteiger partial charge >= 0.3 is 0 Å². The molecule has 128 valence electrons. The highest BCUT2D eigenvalue weighted by Gasteiger charge is 2.17. The third-order valence-electron chi connectivity index (χ3n) is 4.09. The van der Waals surface area contributed by atoms with Gasteiger partial charge in [0.2, 0.25) is 0 Å². The van der Waals surface area contributed by atoms with Crippen LogP contribution in [0.25, 0.3) is 0 Å². The Balaban J connectivity index is 2.07. The van der Waals surface area contributed by atoms with E-state index in [1.54, 1.807) is 6.92 Å².